The Morgan fingerprint density at radius 2 is 0.833 bits per heavy atom. The van der Waals surface area contributed by atoms with Gasteiger partial charge in [0.15, 0.2) is 23.0 Å². The Morgan fingerprint density at radius 1 is 0.424 bits per heavy atom. The predicted molar refractivity (Wildman–Crippen MR) is 257 cm³/mol. The van der Waals surface area contributed by atoms with Crippen LogP contribution in [0.15, 0.2) is 182 Å². The van der Waals surface area contributed by atoms with E-state index in [1.54, 1.807) is 42.5 Å². The molecule has 1 atom stereocenters. The highest BCUT2D eigenvalue weighted by Gasteiger charge is 2.23. The molecule has 7 aromatic rings. The van der Waals surface area contributed by atoms with E-state index in [0.717, 1.165) is 27.8 Å². The van der Waals surface area contributed by atoms with E-state index < -0.39 is 6.04 Å². The van der Waals surface area contributed by atoms with E-state index in [2.05, 4.69) is 16.0 Å². The third-order valence-corrected chi connectivity index (χ3v) is 10.9. The van der Waals surface area contributed by atoms with Gasteiger partial charge in [0, 0.05) is 24.7 Å². The molecule has 7 rings (SSSR count). The molecule has 0 aromatic heterocycles. The van der Waals surface area contributed by atoms with E-state index in [1.165, 1.54) is 0 Å². The lowest BCUT2D eigenvalue weighted by Gasteiger charge is -2.22. The summed E-state index contributed by atoms with van der Waals surface area (Å²) in [5.74, 6) is 0.689. The van der Waals surface area contributed by atoms with Crippen LogP contribution in [0.1, 0.15) is 78.2 Å². The van der Waals surface area contributed by atoms with Crippen molar-refractivity contribution < 1.29 is 33.3 Å². The van der Waals surface area contributed by atoms with Crippen LogP contribution in [0.5, 0.6) is 23.0 Å². The van der Waals surface area contributed by atoms with E-state index in [1.807, 2.05) is 146 Å². The number of aryl methyl sites for hydroxylation is 1. The van der Waals surface area contributed by atoms with Gasteiger partial charge in [0.25, 0.3) is 17.7 Å². The first-order valence-electron chi connectivity index (χ1n) is 22.3. The van der Waals surface area contributed by atoms with Crippen molar-refractivity contribution in [3.63, 3.8) is 0 Å². The fourth-order valence-corrected chi connectivity index (χ4v) is 7.28. The number of hydrogen-bond acceptors (Lipinski definition) is 7. The highest BCUT2D eigenvalue weighted by molar-refractivity contribution is 5.99. The number of para-hydroxylation sites is 2. The second kappa shape index (κ2) is 24.3. The summed E-state index contributed by atoms with van der Waals surface area (Å²) in [5, 5.41) is 9.28. The molecule has 0 heterocycles. The molecule has 3 amide bonds. The molecule has 0 saturated carbocycles. The molecule has 0 aliphatic rings. The fourth-order valence-electron chi connectivity index (χ4n) is 7.28. The maximum Gasteiger partial charge on any atom is 0.255 e. The zero-order valence-corrected chi connectivity index (χ0v) is 37.1. The zero-order valence-electron chi connectivity index (χ0n) is 37.1. The van der Waals surface area contributed by atoms with E-state index in [4.69, 9.17) is 18.9 Å². The van der Waals surface area contributed by atoms with Crippen molar-refractivity contribution in [3.05, 3.63) is 226 Å². The Kier molecular flexibility index (Phi) is 17.0. The number of nitrogens with one attached hydrogen (secondary N) is 3. The summed E-state index contributed by atoms with van der Waals surface area (Å²) in [6.07, 6.45) is 1.73. The Bertz CT molecular complexity index is 2630. The molecule has 0 fully saturated rings. The largest absolute Gasteiger partial charge is 0.485 e. The third-order valence-electron chi connectivity index (χ3n) is 10.9. The Morgan fingerprint density at radius 3 is 1.32 bits per heavy atom. The number of ether oxygens (including phenoxy) is 4. The molecule has 7 aromatic carbocycles. The molecular formula is C56H55N3O7. The van der Waals surface area contributed by atoms with Gasteiger partial charge in [-0.1, -0.05) is 152 Å². The van der Waals surface area contributed by atoms with Gasteiger partial charge in [0.2, 0.25) is 0 Å². The summed E-state index contributed by atoms with van der Waals surface area (Å²) >= 11 is 0. The van der Waals surface area contributed by atoms with Crippen LogP contribution < -0.4 is 34.9 Å². The molecule has 0 radical (unpaired) electrons. The Balaban J connectivity index is 1.03. The van der Waals surface area contributed by atoms with Gasteiger partial charge in [-0.15, -0.1) is 0 Å². The maximum atomic E-state index is 14.3. The summed E-state index contributed by atoms with van der Waals surface area (Å²) in [4.78, 5) is 41.5. The number of hydrogen-bond donors (Lipinski definition) is 3. The monoisotopic (exact) mass is 881 g/mol. The average Bonchev–Trinajstić information content (AvgIpc) is 3.36. The maximum absolute atomic E-state index is 14.3. The number of benzene rings is 7. The quantitative estimate of drug-likeness (QED) is 0.0547. The van der Waals surface area contributed by atoms with Crippen molar-refractivity contribution in [3.8, 4) is 23.0 Å². The highest BCUT2D eigenvalue weighted by atomic mass is 16.5. The van der Waals surface area contributed by atoms with Gasteiger partial charge in [0.05, 0.1) is 11.1 Å². The summed E-state index contributed by atoms with van der Waals surface area (Å²) in [7, 11) is 0. The number of unbranched alkanes of at least 4 members (excludes halogenated alkanes) is 1. The minimum absolute atomic E-state index is 0.174. The summed E-state index contributed by atoms with van der Waals surface area (Å²) in [6.45, 7) is 3.50. The first-order valence-corrected chi connectivity index (χ1v) is 22.3. The van der Waals surface area contributed by atoms with Crippen LogP contribution in [0.2, 0.25) is 0 Å². The molecule has 0 saturated heterocycles. The molecule has 10 heteroatoms. The first-order chi connectivity index (χ1) is 32.4. The number of carbonyl (C=O) groups is 3. The molecule has 3 N–H and O–H groups in total. The van der Waals surface area contributed by atoms with E-state index >= 15 is 0 Å². The predicted octanol–water partition coefficient (Wildman–Crippen LogP) is 10.4. The van der Waals surface area contributed by atoms with Crippen molar-refractivity contribution in [2.75, 3.05) is 13.1 Å². The van der Waals surface area contributed by atoms with Gasteiger partial charge < -0.3 is 34.9 Å². The van der Waals surface area contributed by atoms with E-state index in [9.17, 15) is 14.4 Å². The summed E-state index contributed by atoms with van der Waals surface area (Å²) in [6, 6.07) is 56.6. The average molecular weight is 882 g/mol. The van der Waals surface area contributed by atoms with Crippen molar-refractivity contribution in [2.45, 2.75) is 58.7 Å². The molecule has 10 nitrogen and oxygen atoms in total. The van der Waals surface area contributed by atoms with Gasteiger partial charge in [-0.05, 0) is 84.3 Å². The molecule has 0 aliphatic carbocycles. The SMILES string of the molecule is Cc1ccccc1C(=O)NCC(CCCCNC(=O)c1cccc(OCc2ccccc2)c1OCc1ccccc1)NC(=O)c1cccc(OCc2ccccc2)c1OCc1ccccc1. The van der Waals surface area contributed by atoms with Crippen molar-refractivity contribution in [2.24, 2.45) is 0 Å². The zero-order chi connectivity index (χ0) is 45.8. The van der Waals surface area contributed by atoms with Crippen LogP contribution in [-0.4, -0.2) is 36.9 Å². The van der Waals surface area contributed by atoms with E-state index in [0.29, 0.717) is 72.1 Å². The molecule has 66 heavy (non-hydrogen) atoms. The van der Waals surface area contributed by atoms with Crippen LogP contribution in [-0.2, 0) is 26.4 Å². The van der Waals surface area contributed by atoms with Gasteiger partial charge in [0.1, 0.15) is 26.4 Å². The number of amides is 3. The number of carbonyl (C=O) groups excluding carboxylic acids is 3. The Hall–Kier alpha value is -7.85. The second-order valence-electron chi connectivity index (χ2n) is 15.8. The van der Waals surface area contributed by atoms with Crippen LogP contribution in [0, 0.1) is 6.92 Å². The van der Waals surface area contributed by atoms with Gasteiger partial charge in [-0.3, -0.25) is 14.4 Å². The van der Waals surface area contributed by atoms with E-state index in [-0.39, 0.29) is 44.1 Å². The van der Waals surface area contributed by atoms with Gasteiger partial charge in [-0.25, -0.2) is 0 Å². The summed E-state index contributed by atoms with van der Waals surface area (Å²) in [5.41, 5.74) is 5.93. The minimum atomic E-state index is -0.464. The lowest BCUT2D eigenvalue weighted by Crippen LogP contribution is -2.44. The van der Waals surface area contributed by atoms with Gasteiger partial charge in [-0.2, -0.15) is 0 Å². The third kappa shape index (κ3) is 13.6. The second-order valence-corrected chi connectivity index (χ2v) is 15.8. The van der Waals surface area contributed by atoms with Crippen molar-refractivity contribution >= 4 is 17.7 Å². The molecule has 0 aliphatic heterocycles. The molecule has 0 spiro atoms. The normalized spacial score (nSPS) is 11.2. The molecule has 0 bridgehead atoms. The molecule has 336 valence electrons. The highest BCUT2D eigenvalue weighted by Crippen LogP contribution is 2.34. The summed E-state index contributed by atoms with van der Waals surface area (Å²) < 4.78 is 25.1. The van der Waals surface area contributed by atoms with Crippen molar-refractivity contribution in [1.29, 1.82) is 0 Å². The van der Waals surface area contributed by atoms with Gasteiger partial charge >= 0.3 is 0 Å². The van der Waals surface area contributed by atoms with Crippen LogP contribution in [0.3, 0.4) is 0 Å². The fraction of sp³-hybridized carbons (Fsp3) is 0.196. The number of rotatable bonds is 23. The minimum Gasteiger partial charge on any atom is -0.485 e. The molecule has 1 unspecified atom stereocenters. The lowest BCUT2D eigenvalue weighted by atomic mass is 10.1. The topological polar surface area (TPSA) is 124 Å². The van der Waals surface area contributed by atoms with Crippen LogP contribution in [0.25, 0.3) is 0 Å². The standard InChI is InChI=1S/C56H55N3O7/c1-41-20-14-15-30-47(41)54(60)58-36-46(59-56(62)49-32-19-34-51(64-38-43-23-8-3-9-24-43)53(49)66-40-45-27-12-5-13-28-45)29-16-17-35-57-55(61)48-31-18-33-50(63-37-42-21-6-2-7-22-42)52(48)65-39-44-25-10-4-11-26-44/h2-15,18-28,30-34,46H,16-17,29,35-40H2,1H3,(H,57,61)(H,58,60)(H,59,62). The van der Waals surface area contributed by atoms with Crippen molar-refractivity contribution in [1.82, 2.24) is 16.0 Å². The van der Waals surface area contributed by atoms with Crippen LogP contribution >= 0.6 is 0 Å². The lowest BCUT2D eigenvalue weighted by molar-refractivity contribution is 0.0902. The smallest absolute Gasteiger partial charge is 0.255 e. The van der Waals surface area contributed by atoms with Crippen LogP contribution in [0.4, 0.5) is 0 Å². The molecular weight excluding hydrogens is 827 g/mol. The first kappa shape index (κ1) is 46.2. The Labute approximate surface area is 386 Å².